The fourth-order valence-corrected chi connectivity index (χ4v) is 5.21. The molecule has 0 radical (unpaired) electrons. The van der Waals surface area contributed by atoms with E-state index in [2.05, 4.69) is 5.16 Å². The number of hydrogen-bond donors (Lipinski definition) is 0. The summed E-state index contributed by atoms with van der Waals surface area (Å²) in [7, 11) is 0. The van der Waals surface area contributed by atoms with Gasteiger partial charge >= 0.3 is 0 Å². The maximum Gasteiger partial charge on any atom is 0.227 e. The number of aryl methyl sites for hydroxylation is 2. The number of halogens is 1. The Morgan fingerprint density at radius 3 is 2.47 bits per heavy atom. The van der Waals surface area contributed by atoms with E-state index in [9.17, 15) is 14.0 Å². The Hall–Kier alpha value is -2.70. The van der Waals surface area contributed by atoms with Crippen LogP contribution in [0, 0.1) is 25.6 Å². The summed E-state index contributed by atoms with van der Waals surface area (Å²) in [5, 5.41) is 3.94. The molecule has 1 aromatic heterocycles. The fraction of sp³-hybridized carbons (Fsp3) is 0.560. The van der Waals surface area contributed by atoms with Crippen molar-refractivity contribution in [1.29, 1.82) is 0 Å². The van der Waals surface area contributed by atoms with Crippen LogP contribution in [0.2, 0.25) is 0 Å². The Kier molecular flexibility index (Phi) is 6.92. The van der Waals surface area contributed by atoms with E-state index in [0.29, 0.717) is 36.8 Å². The van der Waals surface area contributed by atoms with E-state index in [4.69, 9.17) is 4.52 Å². The Morgan fingerprint density at radius 1 is 1.03 bits per heavy atom. The van der Waals surface area contributed by atoms with Crippen molar-refractivity contribution in [3.63, 3.8) is 0 Å². The summed E-state index contributed by atoms with van der Waals surface area (Å²) in [6.45, 7) is 5.85. The number of carbonyl (C=O) groups excluding carboxylic acids is 2. The van der Waals surface area contributed by atoms with Gasteiger partial charge in [-0.2, -0.15) is 0 Å². The van der Waals surface area contributed by atoms with Gasteiger partial charge in [0.1, 0.15) is 11.6 Å². The number of nitrogens with zero attached hydrogens (tertiary/aromatic N) is 3. The predicted octanol–water partition coefficient (Wildman–Crippen LogP) is 3.84. The molecule has 0 spiro atoms. The first kappa shape index (κ1) is 22.5. The minimum atomic E-state index is -0.320. The van der Waals surface area contributed by atoms with E-state index in [-0.39, 0.29) is 30.1 Å². The van der Waals surface area contributed by atoms with Gasteiger partial charge in [-0.25, -0.2) is 4.39 Å². The van der Waals surface area contributed by atoms with E-state index in [1.54, 1.807) is 18.2 Å². The van der Waals surface area contributed by atoms with Crippen LogP contribution in [0.4, 0.5) is 4.39 Å². The van der Waals surface area contributed by atoms with E-state index in [1.165, 1.54) is 6.07 Å². The average molecular weight is 442 g/mol. The molecule has 2 aliphatic heterocycles. The molecule has 7 heteroatoms. The summed E-state index contributed by atoms with van der Waals surface area (Å²) in [6, 6.07) is 6.70. The van der Waals surface area contributed by atoms with Gasteiger partial charge in [-0.05, 0) is 63.5 Å². The lowest BCUT2D eigenvalue weighted by Gasteiger charge is -2.44. The van der Waals surface area contributed by atoms with E-state index >= 15 is 0 Å². The summed E-state index contributed by atoms with van der Waals surface area (Å²) >= 11 is 0. The number of hydrogen-bond acceptors (Lipinski definition) is 4. The maximum absolute atomic E-state index is 14.1. The summed E-state index contributed by atoms with van der Waals surface area (Å²) in [6.07, 6.45) is 5.30. The van der Waals surface area contributed by atoms with Crippen LogP contribution in [0.1, 0.15) is 54.7 Å². The molecule has 6 nitrogen and oxygen atoms in total. The second kappa shape index (κ2) is 9.84. The lowest BCUT2D eigenvalue weighted by atomic mass is 9.83. The van der Waals surface area contributed by atoms with Crippen LogP contribution in [-0.4, -0.2) is 52.4 Å². The average Bonchev–Trinajstić information content (AvgIpc) is 3.12. The molecule has 0 aliphatic carbocycles. The van der Waals surface area contributed by atoms with Gasteiger partial charge in [-0.1, -0.05) is 23.4 Å². The molecule has 2 aliphatic rings. The molecular formula is C25H32FN3O3. The normalized spacial score (nSPS) is 19.9. The molecule has 2 saturated heterocycles. The van der Waals surface area contributed by atoms with Crippen LogP contribution in [-0.2, 0) is 22.4 Å². The van der Waals surface area contributed by atoms with E-state index in [0.717, 1.165) is 49.9 Å². The van der Waals surface area contributed by atoms with Crippen LogP contribution in [0.25, 0.3) is 0 Å². The predicted molar refractivity (Wildman–Crippen MR) is 118 cm³/mol. The smallest absolute Gasteiger partial charge is 0.227 e. The van der Waals surface area contributed by atoms with E-state index in [1.807, 2.05) is 23.6 Å². The van der Waals surface area contributed by atoms with Gasteiger partial charge < -0.3 is 14.3 Å². The Labute approximate surface area is 188 Å². The Morgan fingerprint density at radius 2 is 1.78 bits per heavy atom. The lowest BCUT2D eigenvalue weighted by Crippen LogP contribution is -2.51. The van der Waals surface area contributed by atoms with Gasteiger partial charge in [0, 0.05) is 31.2 Å². The quantitative estimate of drug-likeness (QED) is 0.707. The van der Waals surface area contributed by atoms with Crippen LogP contribution >= 0.6 is 0 Å². The van der Waals surface area contributed by atoms with Crippen molar-refractivity contribution in [2.45, 2.75) is 64.8 Å². The highest BCUT2D eigenvalue weighted by molar-refractivity contribution is 5.80. The van der Waals surface area contributed by atoms with Crippen LogP contribution < -0.4 is 0 Å². The highest BCUT2D eigenvalue weighted by Crippen LogP contribution is 2.31. The summed E-state index contributed by atoms with van der Waals surface area (Å²) in [4.78, 5) is 29.8. The molecule has 0 bridgehead atoms. The van der Waals surface area contributed by atoms with Crippen molar-refractivity contribution in [3.8, 4) is 0 Å². The minimum absolute atomic E-state index is 0.0108. The van der Waals surface area contributed by atoms with E-state index < -0.39 is 0 Å². The largest absolute Gasteiger partial charge is 0.361 e. The molecule has 1 unspecified atom stereocenters. The third-order valence-corrected chi connectivity index (χ3v) is 7.11. The van der Waals surface area contributed by atoms with Gasteiger partial charge in [0.15, 0.2) is 0 Å². The number of aromatic nitrogens is 1. The van der Waals surface area contributed by atoms with Gasteiger partial charge in [0.25, 0.3) is 0 Å². The second-order valence-corrected chi connectivity index (χ2v) is 9.12. The Balaban J connectivity index is 1.35. The van der Waals surface area contributed by atoms with Crippen molar-refractivity contribution >= 4 is 11.8 Å². The zero-order valence-electron chi connectivity index (χ0n) is 19.0. The molecule has 0 saturated carbocycles. The highest BCUT2D eigenvalue weighted by atomic mass is 19.1. The van der Waals surface area contributed by atoms with Crippen molar-refractivity contribution in [1.82, 2.24) is 15.0 Å². The lowest BCUT2D eigenvalue weighted by molar-refractivity contribution is -0.138. The monoisotopic (exact) mass is 441 g/mol. The minimum Gasteiger partial charge on any atom is -0.361 e. The van der Waals surface area contributed by atoms with Crippen molar-refractivity contribution < 1.29 is 18.5 Å². The summed E-state index contributed by atoms with van der Waals surface area (Å²) in [5.74, 6) is 0.880. The molecule has 172 valence electrons. The standard InChI is InChI=1S/C25H32FN3O3/c1-17-21(18(2)32-27-17)16-24(30)28-13-10-19(11-14-28)23-9-5-6-12-29(23)25(31)15-20-7-3-4-8-22(20)26/h3-4,7-8,19,23H,5-6,9-16H2,1-2H3. The first-order chi connectivity index (χ1) is 15.4. The first-order valence-electron chi connectivity index (χ1n) is 11.7. The van der Waals surface area contributed by atoms with Crippen molar-refractivity contribution in [2.24, 2.45) is 5.92 Å². The van der Waals surface area contributed by atoms with Crippen molar-refractivity contribution in [2.75, 3.05) is 19.6 Å². The molecule has 1 aromatic carbocycles. The molecule has 2 fully saturated rings. The topological polar surface area (TPSA) is 66.7 Å². The molecule has 2 aromatic rings. The number of amides is 2. The van der Waals surface area contributed by atoms with Gasteiger partial charge in [0.05, 0.1) is 18.5 Å². The zero-order valence-corrected chi connectivity index (χ0v) is 19.0. The Bertz CT molecular complexity index is 946. The number of rotatable bonds is 5. The molecule has 32 heavy (non-hydrogen) atoms. The fourth-order valence-electron chi connectivity index (χ4n) is 5.21. The van der Waals surface area contributed by atoms with Crippen molar-refractivity contribution in [3.05, 3.63) is 52.7 Å². The molecule has 0 N–H and O–H groups in total. The summed E-state index contributed by atoms with van der Waals surface area (Å²) in [5.41, 5.74) is 2.12. The SMILES string of the molecule is Cc1noc(C)c1CC(=O)N1CCC(C2CCCCN2C(=O)Cc2ccccc2F)CC1. The second-order valence-electron chi connectivity index (χ2n) is 9.12. The zero-order chi connectivity index (χ0) is 22.7. The number of carbonyl (C=O) groups is 2. The molecule has 4 rings (SSSR count). The number of likely N-dealkylation sites (tertiary alicyclic amines) is 2. The van der Waals surface area contributed by atoms with Crippen LogP contribution in [0.3, 0.4) is 0 Å². The molecular weight excluding hydrogens is 409 g/mol. The van der Waals surface area contributed by atoms with Gasteiger partial charge in [-0.3, -0.25) is 9.59 Å². The summed E-state index contributed by atoms with van der Waals surface area (Å²) < 4.78 is 19.2. The highest BCUT2D eigenvalue weighted by Gasteiger charge is 2.35. The molecule has 1 atom stereocenters. The third-order valence-electron chi connectivity index (χ3n) is 7.11. The maximum atomic E-state index is 14.1. The van der Waals surface area contributed by atoms with Crippen LogP contribution in [0.5, 0.6) is 0 Å². The third kappa shape index (κ3) is 4.87. The molecule has 3 heterocycles. The number of benzene rings is 1. The van der Waals surface area contributed by atoms with Gasteiger partial charge in [-0.15, -0.1) is 0 Å². The molecule has 2 amide bonds. The number of piperidine rings is 2. The van der Waals surface area contributed by atoms with Crippen LogP contribution in [0.15, 0.2) is 28.8 Å². The first-order valence-corrected chi connectivity index (χ1v) is 11.7. The van der Waals surface area contributed by atoms with Gasteiger partial charge in [0.2, 0.25) is 11.8 Å².